The lowest BCUT2D eigenvalue weighted by Gasteiger charge is -2.28. The Kier molecular flexibility index (Phi) is 7.92. The molecule has 7 nitrogen and oxygen atoms in total. The predicted molar refractivity (Wildman–Crippen MR) is 107 cm³/mol. The van der Waals surface area contributed by atoms with Crippen LogP contribution < -0.4 is 10.6 Å². The maximum atomic E-state index is 12.3. The lowest BCUT2D eigenvalue weighted by atomic mass is 10.0. The van der Waals surface area contributed by atoms with E-state index in [1.807, 2.05) is 32.9 Å². The first-order chi connectivity index (χ1) is 13.3. The average Bonchev–Trinajstić information content (AvgIpc) is 2.65. The molecule has 0 fully saturated rings. The minimum Gasteiger partial charge on any atom is -0.463 e. The van der Waals surface area contributed by atoms with Gasteiger partial charge in [-0.2, -0.15) is 0 Å². The van der Waals surface area contributed by atoms with E-state index < -0.39 is 24.0 Å². The number of carbonyl (C=O) groups excluding carboxylic acids is 3. The van der Waals surface area contributed by atoms with Gasteiger partial charge in [0, 0.05) is 4.90 Å². The highest BCUT2D eigenvalue weighted by molar-refractivity contribution is 8.00. The molecule has 0 bridgehead atoms. The molecule has 2 N–H and O–H groups in total. The van der Waals surface area contributed by atoms with E-state index in [1.165, 1.54) is 11.8 Å². The summed E-state index contributed by atoms with van der Waals surface area (Å²) < 4.78 is 10.4. The molecule has 1 aromatic rings. The smallest absolute Gasteiger partial charge is 0.338 e. The number of ether oxygens (including phenoxy) is 2. The third kappa shape index (κ3) is 5.76. The van der Waals surface area contributed by atoms with Crippen LogP contribution in [0.25, 0.3) is 0 Å². The Morgan fingerprint density at radius 2 is 1.93 bits per heavy atom. The Balaban J connectivity index is 2.03. The van der Waals surface area contributed by atoms with Crippen molar-refractivity contribution in [2.45, 2.75) is 45.1 Å². The predicted octanol–water partition coefficient (Wildman–Crippen LogP) is 2.85. The summed E-state index contributed by atoms with van der Waals surface area (Å²) in [6.07, 6.45) is 0.515. The molecule has 1 atom stereocenters. The Labute approximate surface area is 169 Å². The quantitative estimate of drug-likeness (QED) is 0.509. The van der Waals surface area contributed by atoms with Crippen LogP contribution in [0.15, 0.2) is 34.4 Å². The molecule has 0 unspecified atom stereocenters. The van der Waals surface area contributed by atoms with Crippen LogP contribution in [-0.2, 0) is 19.1 Å². The van der Waals surface area contributed by atoms with Crippen LogP contribution in [0.1, 0.15) is 31.4 Å². The molecule has 1 aromatic carbocycles. The van der Waals surface area contributed by atoms with Crippen molar-refractivity contribution < 1.29 is 23.9 Å². The summed E-state index contributed by atoms with van der Waals surface area (Å²) in [6, 6.07) is 5.11. The summed E-state index contributed by atoms with van der Waals surface area (Å²) in [5.74, 6) is -0.825. The molecule has 0 radical (unpaired) electrons. The van der Waals surface area contributed by atoms with Gasteiger partial charge in [0.25, 0.3) is 0 Å². The fraction of sp³-hybridized carbons (Fsp3) is 0.450. The minimum atomic E-state index is -0.530. The van der Waals surface area contributed by atoms with Crippen molar-refractivity contribution in [1.29, 1.82) is 0 Å². The van der Waals surface area contributed by atoms with Crippen molar-refractivity contribution in [3.63, 3.8) is 0 Å². The van der Waals surface area contributed by atoms with E-state index in [2.05, 4.69) is 16.7 Å². The first-order valence-electron chi connectivity index (χ1n) is 9.19. The Hall–Kier alpha value is -2.48. The largest absolute Gasteiger partial charge is 0.463 e. The Morgan fingerprint density at radius 3 is 2.57 bits per heavy atom. The Bertz CT molecular complexity index is 791. The van der Waals surface area contributed by atoms with Gasteiger partial charge in [-0.1, -0.05) is 24.6 Å². The monoisotopic (exact) mass is 406 g/mol. The highest BCUT2D eigenvalue weighted by Gasteiger charge is 2.31. The van der Waals surface area contributed by atoms with Gasteiger partial charge in [-0.15, -0.1) is 11.8 Å². The fourth-order valence-electron chi connectivity index (χ4n) is 2.87. The number of benzene rings is 1. The molecule has 1 heterocycles. The second kappa shape index (κ2) is 10.2. The lowest BCUT2D eigenvalue weighted by molar-refractivity contribution is -0.141. The number of carbonyl (C=O) groups is 3. The van der Waals surface area contributed by atoms with E-state index in [4.69, 9.17) is 9.47 Å². The standard InChI is InChI=1S/C20H26N2O5S/c1-5-14-18(19(24)26-6-2)15(22-20(25)21-14)10-27-17(23)11-28-16-8-7-12(3)9-13(16)4/h7-9,14H,5-6,10-11H2,1-4H3,(H2,21,22,25)/t14-/m1/s1. The zero-order valence-electron chi connectivity index (χ0n) is 16.6. The van der Waals surface area contributed by atoms with Crippen molar-refractivity contribution in [3.05, 3.63) is 40.6 Å². The van der Waals surface area contributed by atoms with Crippen LogP contribution in [0.2, 0.25) is 0 Å². The van der Waals surface area contributed by atoms with Gasteiger partial charge in [-0.05, 0) is 38.8 Å². The molecule has 28 heavy (non-hydrogen) atoms. The Morgan fingerprint density at radius 1 is 1.18 bits per heavy atom. The van der Waals surface area contributed by atoms with Crippen molar-refractivity contribution in [2.24, 2.45) is 0 Å². The van der Waals surface area contributed by atoms with Gasteiger partial charge >= 0.3 is 18.0 Å². The fourth-order valence-corrected chi connectivity index (χ4v) is 3.68. The van der Waals surface area contributed by atoms with Crippen molar-refractivity contribution in [1.82, 2.24) is 10.6 Å². The number of nitrogens with one attached hydrogen (secondary N) is 2. The number of amides is 2. The first-order valence-corrected chi connectivity index (χ1v) is 10.2. The molecule has 0 saturated heterocycles. The number of thioether (sulfide) groups is 1. The van der Waals surface area contributed by atoms with Crippen molar-refractivity contribution in [2.75, 3.05) is 19.0 Å². The molecule has 0 aromatic heterocycles. The number of hydrogen-bond acceptors (Lipinski definition) is 6. The van der Waals surface area contributed by atoms with Crippen molar-refractivity contribution in [3.8, 4) is 0 Å². The van der Waals surface area contributed by atoms with E-state index in [0.717, 1.165) is 16.0 Å². The summed E-state index contributed by atoms with van der Waals surface area (Å²) in [5.41, 5.74) is 2.81. The van der Waals surface area contributed by atoms with Gasteiger partial charge in [0.05, 0.1) is 29.7 Å². The van der Waals surface area contributed by atoms with Crippen LogP contribution in [-0.4, -0.2) is 43.0 Å². The highest BCUT2D eigenvalue weighted by Crippen LogP contribution is 2.23. The first kappa shape index (κ1) is 21.8. The number of rotatable bonds is 8. The summed E-state index contributed by atoms with van der Waals surface area (Å²) in [7, 11) is 0. The molecule has 152 valence electrons. The van der Waals surface area contributed by atoms with Crippen LogP contribution >= 0.6 is 11.8 Å². The van der Waals surface area contributed by atoms with Crippen LogP contribution in [0, 0.1) is 13.8 Å². The average molecular weight is 407 g/mol. The molecular formula is C20H26N2O5S. The highest BCUT2D eigenvalue weighted by atomic mass is 32.2. The van der Waals surface area contributed by atoms with E-state index in [0.29, 0.717) is 12.0 Å². The maximum Gasteiger partial charge on any atom is 0.338 e. The zero-order valence-corrected chi connectivity index (χ0v) is 17.4. The summed E-state index contributed by atoms with van der Waals surface area (Å²) in [5, 5.41) is 5.24. The molecule has 1 aliphatic heterocycles. The van der Waals surface area contributed by atoms with Gasteiger partial charge < -0.3 is 20.1 Å². The van der Waals surface area contributed by atoms with E-state index in [1.54, 1.807) is 6.92 Å². The summed E-state index contributed by atoms with van der Waals surface area (Å²) >= 11 is 1.39. The molecule has 0 aliphatic carbocycles. The third-order valence-electron chi connectivity index (χ3n) is 4.20. The summed E-state index contributed by atoms with van der Waals surface area (Å²) in [4.78, 5) is 37.3. The maximum absolute atomic E-state index is 12.3. The van der Waals surface area contributed by atoms with Crippen molar-refractivity contribution >= 4 is 29.7 Å². The van der Waals surface area contributed by atoms with E-state index in [-0.39, 0.29) is 24.7 Å². The second-order valence-electron chi connectivity index (χ2n) is 6.39. The van der Waals surface area contributed by atoms with E-state index >= 15 is 0 Å². The number of urea groups is 1. The normalized spacial score (nSPS) is 16.3. The molecule has 0 saturated carbocycles. The van der Waals surface area contributed by atoms with Crippen LogP contribution in [0.5, 0.6) is 0 Å². The van der Waals surface area contributed by atoms with Gasteiger partial charge in [-0.25, -0.2) is 9.59 Å². The summed E-state index contributed by atoms with van der Waals surface area (Å²) in [6.45, 7) is 7.59. The number of aryl methyl sites for hydroxylation is 2. The van der Waals surface area contributed by atoms with Gasteiger partial charge in [0.15, 0.2) is 0 Å². The molecule has 1 aliphatic rings. The molecule has 2 amide bonds. The lowest BCUT2D eigenvalue weighted by Crippen LogP contribution is -2.51. The SMILES string of the molecule is CCOC(=O)C1=C(COC(=O)CSc2ccc(C)cc2C)NC(=O)N[C@@H]1CC. The molecule has 0 spiro atoms. The topological polar surface area (TPSA) is 93.7 Å². The number of hydrogen-bond donors (Lipinski definition) is 2. The van der Waals surface area contributed by atoms with Crippen LogP contribution in [0.3, 0.4) is 0 Å². The third-order valence-corrected chi connectivity index (χ3v) is 5.35. The van der Waals surface area contributed by atoms with E-state index in [9.17, 15) is 14.4 Å². The van der Waals surface area contributed by atoms with Gasteiger partial charge in [0.1, 0.15) is 6.61 Å². The zero-order chi connectivity index (χ0) is 20.7. The van der Waals surface area contributed by atoms with Gasteiger partial charge in [-0.3, -0.25) is 4.79 Å². The molecule has 2 rings (SSSR count). The molecule has 8 heteroatoms. The second-order valence-corrected chi connectivity index (χ2v) is 7.41. The molecular weight excluding hydrogens is 380 g/mol. The van der Waals surface area contributed by atoms with Crippen LogP contribution in [0.4, 0.5) is 4.79 Å². The minimum absolute atomic E-state index is 0.134. The number of esters is 2. The van der Waals surface area contributed by atoms with Gasteiger partial charge in [0.2, 0.25) is 0 Å².